The van der Waals surface area contributed by atoms with E-state index in [0.717, 1.165) is 11.3 Å². The molecule has 0 unspecified atom stereocenters. The lowest BCUT2D eigenvalue weighted by Crippen LogP contribution is -2.41. The van der Waals surface area contributed by atoms with E-state index in [-0.39, 0.29) is 12.3 Å². The molecule has 0 saturated heterocycles. The van der Waals surface area contributed by atoms with Gasteiger partial charge in [-0.2, -0.15) is 0 Å². The Kier molecular flexibility index (Phi) is 8.61. The zero-order valence-corrected chi connectivity index (χ0v) is 17.5. The van der Waals surface area contributed by atoms with Gasteiger partial charge < -0.3 is 14.2 Å². The Balaban J connectivity index is 1.75. The fraction of sp³-hybridized carbons (Fsp3) is 0.333. The van der Waals surface area contributed by atoms with Gasteiger partial charge in [-0.05, 0) is 62.2 Å². The SMILES string of the molecule is CCOc1cc(C(=O)NNC(=O)CCCOc2ccc(Cl)cc2C)ccc1OC. The first-order valence-electron chi connectivity index (χ1n) is 9.23. The van der Waals surface area contributed by atoms with Crippen molar-refractivity contribution < 1.29 is 23.8 Å². The molecule has 29 heavy (non-hydrogen) atoms. The first kappa shape index (κ1) is 22.4. The highest BCUT2D eigenvalue weighted by Crippen LogP contribution is 2.28. The quantitative estimate of drug-likeness (QED) is 0.477. The molecule has 0 saturated carbocycles. The van der Waals surface area contributed by atoms with E-state index >= 15 is 0 Å². The molecule has 2 aromatic rings. The highest BCUT2D eigenvalue weighted by Gasteiger charge is 2.12. The molecule has 2 amide bonds. The fourth-order valence-corrected chi connectivity index (χ4v) is 2.76. The maximum absolute atomic E-state index is 12.2. The minimum absolute atomic E-state index is 0.208. The third kappa shape index (κ3) is 6.87. The number of nitrogens with one attached hydrogen (secondary N) is 2. The molecule has 7 nitrogen and oxygen atoms in total. The van der Waals surface area contributed by atoms with E-state index in [0.29, 0.717) is 41.7 Å². The van der Waals surface area contributed by atoms with E-state index < -0.39 is 5.91 Å². The van der Waals surface area contributed by atoms with Crippen LogP contribution in [-0.2, 0) is 4.79 Å². The molecule has 2 aromatic carbocycles. The minimum atomic E-state index is -0.449. The molecule has 0 atom stereocenters. The lowest BCUT2D eigenvalue weighted by atomic mass is 10.2. The molecule has 0 aliphatic rings. The van der Waals surface area contributed by atoms with Crippen LogP contribution < -0.4 is 25.1 Å². The summed E-state index contributed by atoms with van der Waals surface area (Å²) in [6, 6.07) is 10.1. The summed E-state index contributed by atoms with van der Waals surface area (Å²) in [6.45, 7) is 4.56. The zero-order chi connectivity index (χ0) is 21.2. The predicted molar refractivity (Wildman–Crippen MR) is 111 cm³/mol. The average molecular weight is 421 g/mol. The Labute approximate surface area is 175 Å². The highest BCUT2D eigenvalue weighted by molar-refractivity contribution is 6.30. The molecule has 2 N–H and O–H groups in total. The standard InChI is InChI=1S/C21H25ClN2O5/c1-4-28-19-13-15(7-9-18(19)27-3)21(26)24-23-20(25)6-5-11-29-17-10-8-16(22)12-14(17)2/h7-10,12-13H,4-6,11H2,1-3H3,(H,23,25)(H,24,26). The number of carbonyl (C=O) groups is 2. The summed E-state index contributed by atoms with van der Waals surface area (Å²) in [5, 5.41) is 0.648. The number of rotatable bonds is 9. The smallest absolute Gasteiger partial charge is 0.269 e. The van der Waals surface area contributed by atoms with Crippen molar-refractivity contribution in [2.45, 2.75) is 26.7 Å². The van der Waals surface area contributed by atoms with E-state index in [1.165, 1.54) is 7.11 Å². The lowest BCUT2D eigenvalue weighted by Gasteiger charge is -2.12. The second kappa shape index (κ2) is 11.2. The summed E-state index contributed by atoms with van der Waals surface area (Å²) in [4.78, 5) is 24.2. The Morgan fingerprint density at radius 1 is 1.00 bits per heavy atom. The van der Waals surface area contributed by atoms with Gasteiger partial charge in [-0.3, -0.25) is 20.4 Å². The van der Waals surface area contributed by atoms with Gasteiger partial charge in [-0.25, -0.2) is 0 Å². The van der Waals surface area contributed by atoms with Crippen molar-refractivity contribution in [3.8, 4) is 17.2 Å². The number of amides is 2. The number of hydrogen-bond donors (Lipinski definition) is 2. The van der Waals surface area contributed by atoms with Crippen LogP contribution in [0.25, 0.3) is 0 Å². The van der Waals surface area contributed by atoms with Gasteiger partial charge in [-0.15, -0.1) is 0 Å². The predicted octanol–water partition coefficient (Wildman–Crippen LogP) is 3.68. The molecule has 0 aliphatic heterocycles. The molecule has 0 fully saturated rings. The van der Waals surface area contributed by atoms with Crippen molar-refractivity contribution >= 4 is 23.4 Å². The number of methoxy groups -OCH3 is 1. The van der Waals surface area contributed by atoms with Gasteiger partial charge in [0.2, 0.25) is 5.91 Å². The second-order valence-electron chi connectivity index (χ2n) is 6.16. The maximum atomic E-state index is 12.2. The number of hydrazine groups is 1. The Bertz CT molecular complexity index is 857. The van der Waals surface area contributed by atoms with E-state index in [1.807, 2.05) is 19.9 Å². The van der Waals surface area contributed by atoms with Gasteiger partial charge in [0.15, 0.2) is 11.5 Å². The normalized spacial score (nSPS) is 10.2. The molecule has 8 heteroatoms. The Morgan fingerprint density at radius 2 is 1.76 bits per heavy atom. The monoisotopic (exact) mass is 420 g/mol. The first-order chi connectivity index (χ1) is 13.9. The molecule has 0 aromatic heterocycles. The van der Waals surface area contributed by atoms with Crippen LogP contribution >= 0.6 is 11.6 Å². The van der Waals surface area contributed by atoms with E-state index in [1.54, 1.807) is 30.3 Å². The van der Waals surface area contributed by atoms with Gasteiger partial charge in [0.05, 0.1) is 20.3 Å². The molecule has 0 radical (unpaired) electrons. The number of halogens is 1. The molecular formula is C21H25ClN2O5. The van der Waals surface area contributed by atoms with E-state index in [2.05, 4.69) is 10.9 Å². The van der Waals surface area contributed by atoms with Crippen LogP contribution in [0.5, 0.6) is 17.2 Å². The van der Waals surface area contributed by atoms with Gasteiger partial charge in [0.1, 0.15) is 5.75 Å². The number of aryl methyl sites for hydroxylation is 1. The van der Waals surface area contributed by atoms with Crippen molar-refractivity contribution in [3.05, 3.63) is 52.5 Å². The molecule has 0 heterocycles. The van der Waals surface area contributed by atoms with Crippen LogP contribution in [0.4, 0.5) is 0 Å². The van der Waals surface area contributed by atoms with Crippen molar-refractivity contribution in [3.63, 3.8) is 0 Å². The van der Waals surface area contributed by atoms with Gasteiger partial charge in [-0.1, -0.05) is 11.6 Å². The zero-order valence-electron chi connectivity index (χ0n) is 16.7. The number of benzene rings is 2. The third-order valence-electron chi connectivity index (χ3n) is 3.98. The van der Waals surface area contributed by atoms with E-state index in [4.69, 9.17) is 25.8 Å². The molecule has 0 bridgehead atoms. The van der Waals surface area contributed by atoms with Crippen LogP contribution in [0.3, 0.4) is 0 Å². The average Bonchev–Trinajstić information content (AvgIpc) is 2.71. The maximum Gasteiger partial charge on any atom is 0.269 e. The van der Waals surface area contributed by atoms with Crippen LogP contribution in [0.1, 0.15) is 35.7 Å². The largest absolute Gasteiger partial charge is 0.493 e. The Morgan fingerprint density at radius 3 is 2.45 bits per heavy atom. The van der Waals surface area contributed by atoms with Crippen molar-refractivity contribution in [1.29, 1.82) is 0 Å². The lowest BCUT2D eigenvalue weighted by molar-refractivity contribution is -0.122. The summed E-state index contributed by atoms with van der Waals surface area (Å²) >= 11 is 5.91. The van der Waals surface area contributed by atoms with Crippen molar-refractivity contribution in [2.24, 2.45) is 0 Å². The van der Waals surface area contributed by atoms with Crippen molar-refractivity contribution in [1.82, 2.24) is 10.9 Å². The third-order valence-corrected chi connectivity index (χ3v) is 4.22. The molecule has 0 spiro atoms. The van der Waals surface area contributed by atoms with Crippen LogP contribution in [-0.4, -0.2) is 32.1 Å². The number of hydrogen-bond acceptors (Lipinski definition) is 5. The second-order valence-corrected chi connectivity index (χ2v) is 6.60. The summed E-state index contributed by atoms with van der Waals surface area (Å²) in [5.41, 5.74) is 6.06. The van der Waals surface area contributed by atoms with Gasteiger partial charge >= 0.3 is 0 Å². The van der Waals surface area contributed by atoms with Crippen LogP contribution in [0, 0.1) is 6.92 Å². The summed E-state index contributed by atoms with van der Waals surface area (Å²) in [6.07, 6.45) is 0.709. The molecule has 2 rings (SSSR count). The van der Waals surface area contributed by atoms with Crippen molar-refractivity contribution in [2.75, 3.05) is 20.3 Å². The first-order valence-corrected chi connectivity index (χ1v) is 9.61. The Hall–Kier alpha value is -2.93. The summed E-state index contributed by atoms with van der Waals surface area (Å²) in [7, 11) is 1.52. The highest BCUT2D eigenvalue weighted by atomic mass is 35.5. The number of carbonyl (C=O) groups excluding carboxylic acids is 2. The summed E-state index contributed by atoms with van der Waals surface area (Å²) in [5.74, 6) is 0.961. The fourth-order valence-electron chi connectivity index (χ4n) is 2.54. The van der Waals surface area contributed by atoms with Crippen LogP contribution in [0.15, 0.2) is 36.4 Å². The van der Waals surface area contributed by atoms with Crippen LogP contribution in [0.2, 0.25) is 5.02 Å². The molecule has 156 valence electrons. The number of ether oxygens (including phenoxy) is 3. The molecular weight excluding hydrogens is 396 g/mol. The van der Waals surface area contributed by atoms with Gasteiger partial charge in [0, 0.05) is 17.0 Å². The minimum Gasteiger partial charge on any atom is -0.493 e. The topological polar surface area (TPSA) is 85.9 Å². The van der Waals surface area contributed by atoms with E-state index in [9.17, 15) is 9.59 Å². The molecule has 0 aliphatic carbocycles. The van der Waals surface area contributed by atoms with Gasteiger partial charge in [0.25, 0.3) is 5.91 Å². The summed E-state index contributed by atoms with van der Waals surface area (Å²) < 4.78 is 16.3.